The van der Waals surface area contributed by atoms with E-state index in [0.29, 0.717) is 0 Å². The summed E-state index contributed by atoms with van der Waals surface area (Å²) in [6, 6.07) is 6.08. The second-order valence-electron chi connectivity index (χ2n) is 4.88. The summed E-state index contributed by atoms with van der Waals surface area (Å²) in [4.78, 5) is 9.41. The van der Waals surface area contributed by atoms with Crippen molar-refractivity contribution in [3.05, 3.63) is 38.4 Å². The Hall–Kier alpha value is -0.940. The van der Waals surface area contributed by atoms with Gasteiger partial charge in [0.1, 0.15) is 5.82 Å². The van der Waals surface area contributed by atoms with Gasteiger partial charge in [-0.15, -0.1) is 0 Å². The van der Waals surface area contributed by atoms with Crippen molar-refractivity contribution in [1.29, 1.82) is 0 Å². The molecule has 0 fully saturated rings. The first kappa shape index (κ1) is 16.4. The Morgan fingerprint density at radius 2 is 1.86 bits per heavy atom. The van der Waals surface area contributed by atoms with Gasteiger partial charge >= 0.3 is 0 Å². The first-order chi connectivity index (χ1) is 10.1. The molecule has 1 heterocycles. The lowest BCUT2D eigenvalue weighted by Crippen LogP contribution is -2.08. The van der Waals surface area contributed by atoms with Crippen LogP contribution in [0.15, 0.2) is 27.1 Å². The van der Waals surface area contributed by atoms with Crippen LogP contribution in [0.3, 0.4) is 0 Å². The van der Waals surface area contributed by atoms with Crippen molar-refractivity contribution >= 4 is 37.7 Å². The van der Waals surface area contributed by atoms with E-state index in [0.717, 1.165) is 56.8 Å². The van der Waals surface area contributed by atoms with Crippen LogP contribution in [0.2, 0.25) is 0 Å². The van der Waals surface area contributed by atoms with Crippen molar-refractivity contribution in [2.24, 2.45) is 0 Å². The molecule has 0 bridgehead atoms. The quantitative estimate of drug-likeness (QED) is 0.717. The fourth-order valence-electron chi connectivity index (χ4n) is 2.09. The summed E-state index contributed by atoms with van der Waals surface area (Å²) in [5.74, 6) is 1.71. The Morgan fingerprint density at radius 3 is 2.48 bits per heavy atom. The first-order valence-electron chi connectivity index (χ1n) is 7.13. The van der Waals surface area contributed by atoms with Crippen molar-refractivity contribution in [3.8, 4) is 11.4 Å². The molecule has 2 rings (SSSR count). The van der Waals surface area contributed by atoms with Crippen LogP contribution in [0.4, 0.5) is 5.82 Å². The average molecular weight is 413 g/mol. The third-order valence-corrected chi connectivity index (χ3v) is 5.18. The minimum atomic E-state index is 0.768. The maximum absolute atomic E-state index is 4.71. The summed E-state index contributed by atoms with van der Waals surface area (Å²) >= 11 is 7.03. The highest BCUT2D eigenvalue weighted by molar-refractivity contribution is 9.13. The Bertz CT molecular complexity index is 642. The summed E-state index contributed by atoms with van der Waals surface area (Å²) < 4.78 is 2.03. The molecule has 112 valence electrons. The standard InChI is InChI=1S/C16H19Br2N3/c1-4-8-19-15-10(3)14(5-2)20-16(21-15)11-6-7-12(17)13(18)9-11/h6-7,9H,4-5,8H2,1-3H3,(H,19,20,21). The zero-order valence-corrected chi connectivity index (χ0v) is 15.7. The highest BCUT2D eigenvalue weighted by Crippen LogP contribution is 2.29. The number of aryl methyl sites for hydroxylation is 1. The van der Waals surface area contributed by atoms with E-state index < -0.39 is 0 Å². The zero-order valence-electron chi connectivity index (χ0n) is 12.5. The molecular weight excluding hydrogens is 394 g/mol. The van der Waals surface area contributed by atoms with Crippen molar-refractivity contribution < 1.29 is 0 Å². The van der Waals surface area contributed by atoms with Gasteiger partial charge in [-0.2, -0.15) is 0 Å². The average Bonchev–Trinajstić information content (AvgIpc) is 2.49. The minimum Gasteiger partial charge on any atom is -0.370 e. The minimum absolute atomic E-state index is 0.768. The van der Waals surface area contributed by atoms with Crippen LogP contribution in [0.5, 0.6) is 0 Å². The Balaban J connectivity index is 2.49. The van der Waals surface area contributed by atoms with Gasteiger partial charge in [0.05, 0.1) is 0 Å². The molecule has 0 amide bonds. The lowest BCUT2D eigenvalue weighted by molar-refractivity contribution is 0.936. The summed E-state index contributed by atoms with van der Waals surface area (Å²) in [6.45, 7) is 7.28. The number of hydrogen-bond donors (Lipinski definition) is 1. The van der Waals surface area contributed by atoms with E-state index in [-0.39, 0.29) is 0 Å². The maximum Gasteiger partial charge on any atom is 0.161 e. The van der Waals surface area contributed by atoms with Gasteiger partial charge < -0.3 is 5.32 Å². The van der Waals surface area contributed by atoms with E-state index in [4.69, 9.17) is 9.97 Å². The summed E-state index contributed by atoms with van der Waals surface area (Å²) in [6.07, 6.45) is 1.98. The Labute approximate surface area is 142 Å². The molecule has 0 aliphatic rings. The first-order valence-corrected chi connectivity index (χ1v) is 8.72. The zero-order chi connectivity index (χ0) is 15.4. The predicted molar refractivity (Wildman–Crippen MR) is 95.8 cm³/mol. The van der Waals surface area contributed by atoms with E-state index >= 15 is 0 Å². The number of anilines is 1. The molecule has 3 nitrogen and oxygen atoms in total. The SMILES string of the molecule is CCCNc1nc(-c2ccc(Br)c(Br)c2)nc(CC)c1C. The normalized spacial score (nSPS) is 10.7. The molecule has 5 heteroatoms. The van der Waals surface area contributed by atoms with Crippen LogP contribution < -0.4 is 5.32 Å². The van der Waals surface area contributed by atoms with Gasteiger partial charge in [0.15, 0.2) is 5.82 Å². The Kier molecular flexibility index (Phi) is 5.76. The van der Waals surface area contributed by atoms with E-state index in [1.807, 2.05) is 18.2 Å². The van der Waals surface area contributed by atoms with Crippen LogP contribution in [0, 0.1) is 6.92 Å². The van der Waals surface area contributed by atoms with Crippen LogP contribution in [-0.2, 0) is 6.42 Å². The maximum atomic E-state index is 4.71. The monoisotopic (exact) mass is 411 g/mol. The van der Waals surface area contributed by atoms with Crippen LogP contribution in [0.1, 0.15) is 31.5 Å². The smallest absolute Gasteiger partial charge is 0.161 e. The molecule has 0 saturated heterocycles. The van der Waals surface area contributed by atoms with Gasteiger partial charge in [0, 0.05) is 32.3 Å². The third kappa shape index (κ3) is 3.83. The molecule has 0 saturated carbocycles. The van der Waals surface area contributed by atoms with E-state index in [1.54, 1.807) is 0 Å². The molecule has 0 atom stereocenters. The van der Waals surface area contributed by atoms with Gasteiger partial charge in [-0.3, -0.25) is 0 Å². The summed E-state index contributed by atoms with van der Waals surface area (Å²) in [7, 11) is 0. The second kappa shape index (κ2) is 7.36. The van der Waals surface area contributed by atoms with Crippen molar-refractivity contribution in [2.45, 2.75) is 33.6 Å². The van der Waals surface area contributed by atoms with Crippen molar-refractivity contribution in [3.63, 3.8) is 0 Å². The van der Waals surface area contributed by atoms with E-state index in [1.165, 1.54) is 0 Å². The van der Waals surface area contributed by atoms with Crippen molar-refractivity contribution in [1.82, 2.24) is 9.97 Å². The van der Waals surface area contributed by atoms with Gasteiger partial charge in [-0.25, -0.2) is 9.97 Å². The molecule has 0 radical (unpaired) electrons. The van der Waals surface area contributed by atoms with Gasteiger partial charge in [0.25, 0.3) is 0 Å². The molecule has 0 spiro atoms. The predicted octanol–water partition coefficient (Wildman–Crippen LogP) is 5.36. The van der Waals surface area contributed by atoms with E-state index in [9.17, 15) is 0 Å². The number of nitrogens with zero attached hydrogens (tertiary/aromatic N) is 2. The summed E-state index contributed by atoms with van der Waals surface area (Å²) in [5.41, 5.74) is 3.25. The number of aromatic nitrogens is 2. The third-order valence-electron chi connectivity index (χ3n) is 3.30. The molecule has 1 N–H and O–H groups in total. The lowest BCUT2D eigenvalue weighted by Gasteiger charge is -2.13. The van der Waals surface area contributed by atoms with Crippen molar-refractivity contribution in [2.75, 3.05) is 11.9 Å². The molecule has 1 aromatic carbocycles. The fraction of sp³-hybridized carbons (Fsp3) is 0.375. The number of benzene rings is 1. The van der Waals surface area contributed by atoms with E-state index in [2.05, 4.69) is 57.9 Å². The highest BCUT2D eigenvalue weighted by atomic mass is 79.9. The highest BCUT2D eigenvalue weighted by Gasteiger charge is 2.11. The van der Waals surface area contributed by atoms with Gasteiger partial charge in [-0.05, 0) is 69.8 Å². The fourth-order valence-corrected chi connectivity index (χ4v) is 2.71. The molecule has 21 heavy (non-hydrogen) atoms. The molecule has 1 aromatic heterocycles. The molecule has 2 aromatic rings. The topological polar surface area (TPSA) is 37.8 Å². The largest absolute Gasteiger partial charge is 0.370 e. The lowest BCUT2D eigenvalue weighted by atomic mass is 10.1. The summed E-state index contributed by atoms with van der Waals surface area (Å²) in [5, 5.41) is 3.40. The number of hydrogen-bond acceptors (Lipinski definition) is 3. The van der Waals surface area contributed by atoms with Gasteiger partial charge in [-0.1, -0.05) is 13.8 Å². The van der Waals surface area contributed by atoms with Crippen LogP contribution in [0.25, 0.3) is 11.4 Å². The van der Waals surface area contributed by atoms with Crippen LogP contribution >= 0.6 is 31.9 Å². The Morgan fingerprint density at radius 1 is 1.10 bits per heavy atom. The number of rotatable bonds is 5. The van der Waals surface area contributed by atoms with Crippen LogP contribution in [-0.4, -0.2) is 16.5 Å². The number of halogens is 2. The molecular formula is C16H19Br2N3. The van der Waals surface area contributed by atoms with Gasteiger partial charge in [0.2, 0.25) is 0 Å². The second-order valence-corrected chi connectivity index (χ2v) is 6.59. The molecule has 0 aliphatic heterocycles. The molecule has 0 unspecified atom stereocenters. The number of nitrogens with one attached hydrogen (secondary N) is 1. The molecule has 0 aliphatic carbocycles.